The van der Waals surface area contributed by atoms with E-state index in [-0.39, 0.29) is 17.5 Å². The molecule has 0 radical (unpaired) electrons. The first-order valence-electron chi connectivity index (χ1n) is 7.77. The van der Waals surface area contributed by atoms with E-state index >= 15 is 0 Å². The maximum Gasteiger partial charge on any atom is 0.329 e. The molecule has 2 N–H and O–H groups in total. The summed E-state index contributed by atoms with van der Waals surface area (Å²) in [5, 5.41) is 14.0. The molecule has 0 aliphatic heterocycles. The number of aromatic nitrogens is 1. The molecule has 0 atom stereocenters. The van der Waals surface area contributed by atoms with Gasteiger partial charge in [-0.1, -0.05) is 12.1 Å². The van der Waals surface area contributed by atoms with E-state index < -0.39 is 10.3 Å². The molecular weight excluding hydrogens is 404 g/mol. The number of carbonyl (C=O) groups excluding carboxylic acids is 1. The van der Waals surface area contributed by atoms with Crippen LogP contribution in [0.25, 0.3) is 0 Å². The second-order valence-electron chi connectivity index (χ2n) is 6.56. The van der Waals surface area contributed by atoms with E-state index in [9.17, 15) is 14.9 Å². The fourth-order valence-electron chi connectivity index (χ4n) is 1.84. The molecule has 0 unspecified atom stereocenters. The molecule has 1 heterocycles. The number of halogens is 1. The minimum absolute atomic E-state index is 0.126. The predicted octanol–water partition coefficient (Wildman–Crippen LogP) is 4.09. The van der Waals surface area contributed by atoms with Gasteiger partial charge in [-0.2, -0.15) is 0 Å². The van der Waals surface area contributed by atoms with Crippen molar-refractivity contribution in [2.75, 3.05) is 5.32 Å². The van der Waals surface area contributed by atoms with Gasteiger partial charge in [-0.05, 0) is 54.4 Å². The average Bonchev–Trinajstić information content (AvgIpc) is 2.57. The molecule has 9 heteroatoms. The van der Waals surface area contributed by atoms with Crippen LogP contribution in [0.1, 0.15) is 26.3 Å². The summed E-state index contributed by atoms with van der Waals surface area (Å²) in [7, 11) is 0. The number of benzene rings is 1. The van der Waals surface area contributed by atoms with Crippen LogP contribution >= 0.6 is 15.9 Å². The van der Waals surface area contributed by atoms with Gasteiger partial charge in [0.15, 0.2) is 0 Å². The summed E-state index contributed by atoms with van der Waals surface area (Å²) in [6.45, 7) is 5.66. The lowest BCUT2D eigenvalue weighted by Crippen LogP contribution is -2.29. The smallest absolute Gasteiger partial charge is 0.329 e. The Labute approximate surface area is 159 Å². The van der Waals surface area contributed by atoms with Crippen molar-refractivity contribution in [2.45, 2.75) is 27.3 Å². The second-order valence-corrected chi connectivity index (χ2v) is 7.48. The largest absolute Gasteiger partial charge is 0.370 e. The third-order valence-corrected chi connectivity index (χ3v) is 3.73. The van der Waals surface area contributed by atoms with Crippen LogP contribution in [0.5, 0.6) is 0 Å². The molecule has 26 heavy (non-hydrogen) atoms. The maximum atomic E-state index is 11.7. The van der Waals surface area contributed by atoms with Crippen LogP contribution in [0.3, 0.4) is 0 Å². The van der Waals surface area contributed by atoms with Crippen LogP contribution in [-0.4, -0.2) is 15.9 Å². The summed E-state index contributed by atoms with van der Waals surface area (Å²) in [4.78, 5) is 31.3. The molecule has 0 saturated carbocycles. The van der Waals surface area contributed by atoms with Gasteiger partial charge in [0, 0.05) is 22.4 Å². The molecule has 0 bridgehead atoms. The van der Waals surface area contributed by atoms with Gasteiger partial charge >= 0.3 is 11.7 Å². The van der Waals surface area contributed by atoms with Crippen LogP contribution in [-0.2, 0) is 16.2 Å². The lowest BCUT2D eigenvalue weighted by atomic mass is 9.98. The van der Waals surface area contributed by atoms with Crippen LogP contribution in [0, 0.1) is 15.5 Å². The molecular formula is C17H19BrN4O4. The molecule has 0 amide bonds. The quantitative estimate of drug-likeness (QED) is 0.532. The van der Waals surface area contributed by atoms with E-state index in [0.717, 1.165) is 5.56 Å². The van der Waals surface area contributed by atoms with Crippen molar-refractivity contribution in [3.63, 3.8) is 0 Å². The van der Waals surface area contributed by atoms with Crippen LogP contribution in [0.2, 0.25) is 0 Å². The van der Waals surface area contributed by atoms with Gasteiger partial charge in [0.25, 0.3) is 0 Å². The predicted molar refractivity (Wildman–Crippen MR) is 101 cm³/mol. The molecule has 0 saturated heterocycles. The minimum atomic E-state index is -0.576. The topological polar surface area (TPSA) is 106 Å². The lowest BCUT2D eigenvalue weighted by molar-refractivity contribution is -0.384. The Morgan fingerprint density at radius 2 is 1.96 bits per heavy atom. The average molecular weight is 423 g/mol. The van der Waals surface area contributed by atoms with E-state index in [0.29, 0.717) is 16.7 Å². The Balaban J connectivity index is 1.98. The Morgan fingerprint density at radius 3 is 2.54 bits per heavy atom. The number of nitrogens with zero attached hydrogens (tertiary/aromatic N) is 2. The van der Waals surface area contributed by atoms with E-state index in [1.54, 1.807) is 32.9 Å². The Bertz CT molecular complexity index is 803. The van der Waals surface area contributed by atoms with Gasteiger partial charge in [0.1, 0.15) is 0 Å². The van der Waals surface area contributed by atoms with Crippen molar-refractivity contribution in [3.8, 4) is 0 Å². The van der Waals surface area contributed by atoms with E-state index in [1.165, 1.54) is 12.3 Å². The molecule has 2 rings (SSSR count). The number of nitrogens with one attached hydrogen (secondary N) is 2. The zero-order valence-electron chi connectivity index (χ0n) is 14.6. The SMILES string of the molecule is CC(C)(C)C(=O)ONCc1ccc(Nc2ncc(Br)cc2[N+](=O)[O-])cc1. The number of nitro groups is 1. The highest BCUT2D eigenvalue weighted by molar-refractivity contribution is 9.10. The molecule has 138 valence electrons. The second kappa shape index (κ2) is 8.24. The van der Waals surface area contributed by atoms with Gasteiger partial charge in [-0.15, -0.1) is 5.48 Å². The fraction of sp³-hybridized carbons (Fsp3) is 0.294. The minimum Gasteiger partial charge on any atom is -0.370 e. The third-order valence-electron chi connectivity index (χ3n) is 3.30. The number of hydroxylamine groups is 1. The normalized spacial score (nSPS) is 11.1. The molecule has 0 spiro atoms. The summed E-state index contributed by atoms with van der Waals surface area (Å²) in [6.07, 6.45) is 1.48. The first kappa shape index (κ1) is 19.8. The number of carbonyl (C=O) groups is 1. The molecule has 8 nitrogen and oxygen atoms in total. The standard InChI is InChI=1S/C17H19BrN4O4/c1-17(2,3)16(23)26-20-9-11-4-6-13(7-5-11)21-15-14(22(24)25)8-12(18)10-19-15/h4-8,10,20H,9H2,1-3H3,(H,19,21). The summed E-state index contributed by atoms with van der Waals surface area (Å²) < 4.78 is 0.529. The number of hydrogen-bond donors (Lipinski definition) is 2. The van der Waals surface area contributed by atoms with Crippen molar-refractivity contribution in [3.05, 3.63) is 56.7 Å². The molecule has 2 aromatic rings. The molecule has 0 aliphatic carbocycles. The van der Waals surface area contributed by atoms with Crippen LogP contribution in [0.15, 0.2) is 41.0 Å². The lowest BCUT2D eigenvalue weighted by Gasteiger charge is -2.16. The van der Waals surface area contributed by atoms with E-state index in [4.69, 9.17) is 4.84 Å². The van der Waals surface area contributed by atoms with E-state index in [1.807, 2.05) is 12.1 Å². The zero-order chi connectivity index (χ0) is 19.3. The molecule has 0 aliphatic rings. The molecule has 1 aromatic heterocycles. The highest BCUT2D eigenvalue weighted by Gasteiger charge is 2.23. The van der Waals surface area contributed by atoms with Crippen LogP contribution in [0.4, 0.5) is 17.2 Å². The number of rotatable bonds is 6. The summed E-state index contributed by atoms with van der Waals surface area (Å²) in [6, 6.07) is 8.53. The number of hydrogen-bond acceptors (Lipinski definition) is 7. The molecule has 1 aromatic carbocycles. The molecule has 0 fully saturated rings. The monoisotopic (exact) mass is 422 g/mol. The highest BCUT2D eigenvalue weighted by atomic mass is 79.9. The summed E-state index contributed by atoms with van der Waals surface area (Å²) in [5.74, 6) is -0.187. The third kappa shape index (κ3) is 5.50. The van der Waals surface area contributed by atoms with Crippen molar-refractivity contribution in [2.24, 2.45) is 5.41 Å². The van der Waals surface area contributed by atoms with Gasteiger partial charge in [0.2, 0.25) is 5.82 Å². The zero-order valence-corrected chi connectivity index (χ0v) is 16.2. The van der Waals surface area contributed by atoms with Crippen LogP contribution < -0.4 is 10.8 Å². The van der Waals surface area contributed by atoms with E-state index in [2.05, 4.69) is 31.7 Å². The Kier molecular flexibility index (Phi) is 6.27. The summed E-state index contributed by atoms with van der Waals surface area (Å²) >= 11 is 3.17. The Hall–Kier alpha value is -2.52. The van der Waals surface area contributed by atoms with Gasteiger partial charge in [0.05, 0.1) is 16.9 Å². The van der Waals surface area contributed by atoms with Gasteiger partial charge in [-0.3, -0.25) is 10.1 Å². The number of pyridine rings is 1. The van der Waals surface area contributed by atoms with Gasteiger partial charge in [-0.25, -0.2) is 9.78 Å². The highest BCUT2D eigenvalue weighted by Crippen LogP contribution is 2.28. The Morgan fingerprint density at radius 1 is 1.31 bits per heavy atom. The number of anilines is 2. The van der Waals surface area contributed by atoms with Crippen molar-refractivity contribution >= 4 is 39.1 Å². The summed E-state index contributed by atoms with van der Waals surface area (Å²) in [5.41, 5.74) is 3.46. The van der Waals surface area contributed by atoms with Gasteiger partial charge < -0.3 is 10.2 Å². The van der Waals surface area contributed by atoms with Crippen molar-refractivity contribution < 1.29 is 14.6 Å². The van der Waals surface area contributed by atoms with Crippen molar-refractivity contribution in [1.29, 1.82) is 0 Å². The fourth-order valence-corrected chi connectivity index (χ4v) is 2.16. The maximum absolute atomic E-state index is 11.7. The first-order chi connectivity index (χ1) is 12.2. The first-order valence-corrected chi connectivity index (χ1v) is 8.56. The van der Waals surface area contributed by atoms with Crippen molar-refractivity contribution in [1.82, 2.24) is 10.5 Å².